The zero-order valence-electron chi connectivity index (χ0n) is 13.4. The SMILES string of the molecule is NC(=O)C(Nc1ccc(Oc2ccccc2Cl)cc1)c1ccccc1. The maximum atomic E-state index is 11.8. The van der Waals surface area contributed by atoms with Crippen LogP contribution in [0.4, 0.5) is 5.69 Å². The van der Waals surface area contributed by atoms with Gasteiger partial charge in [-0.15, -0.1) is 0 Å². The largest absolute Gasteiger partial charge is 0.456 e. The van der Waals surface area contributed by atoms with Crippen molar-refractivity contribution in [3.63, 3.8) is 0 Å². The van der Waals surface area contributed by atoms with Crippen LogP contribution in [0.15, 0.2) is 78.9 Å². The third-order valence-corrected chi connectivity index (χ3v) is 3.96. The molecule has 0 saturated carbocycles. The fourth-order valence-electron chi connectivity index (χ4n) is 2.40. The highest BCUT2D eigenvalue weighted by Crippen LogP contribution is 2.30. The quantitative estimate of drug-likeness (QED) is 0.671. The number of amides is 1. The molecule has 0 bridgehead atoms. The molecule has 0 aromatic heterocycles. The molecule has 4 nitrogen and oxygen atoms in total. The number of halogens is 1. The molecule has 3 N–H and O–H groups in total. The molecule has 0 aliphatic rings. The molecule has 0 fully saturated rings. The first kappa shape index (κ1) is 16.9. The van der Waals surface area contributed by atoms with E-state index >= 15 is 0 Å². The van der Waals surface area contributed by atoms with Gasteiger partial charge in [0.2, 0.25) is 5.91 Å². The van der Waals surface area contributed by atoms with Gasteiger partial charge in [-0.1, -0.05) is 54.1 Å². The lowest BCUT2D eigenvalue weighted by molar-refractivity contribution is -0.118. The Morgan fingerprint density at radius 1 is 0.920 bits per heavy atom. The second kappa shape index (κ2) is 7.73. The lowest BCUT2D eigenvalue weighted by Gasteiger charge is -2.17. The Labute approximate surface area is 151 Å². The Morgan fingerprint density at radius 2 is 1.56 bits per heavy atom. The summed E-state index contributed by atoms with van der Waals surface area (Å²) in [6, 6.07) is 23.3. The van der Waals surface area contributed by atoms with Crippen LogP contribution >= 0.6 is 11.6 Å². The number of carbonyl (C=O) groups is 1. The maximum absolute atomic E-state index is 11.8. The summed E-state index contributed by atoms with van der Waals surface area (Å²) < 4.78 is 5.75. The van der Waals surface area contributed by atoms with E-state index in [0.29, 0.717) is 16.5 Å². The number of anilines is 1. The van der Waals surface area contributed by atoms with Gasteiger partial charge in [0.05, 0.1) is 5.02 Å². The Bertz CT molecular complexity index is 851. The van der Waals surface area contributed by atoms with Crippen molar-refractivity contribution in [2.75, 3.05) is 5.32 Å². The lowest BCUT2D eigenvalue weighted by atomic mass is 10.1. The van der Waals surface area contributed by atoms with Gasteiger partial charge < -0.3 is 15.8 Å². The van der Waals surface area contributed by atoms with Crippen molar-refractivity contribution < 1.29 is 9.53 Å². The zero-order valence-corrected chi connectivity index (χ0v) is 14.1. The van der Waals surface area contributed by atoms with Gasteiger partial charge in [-0.3, -0.25) is 4.79 Å². The number of hydrogen-bond donors (Lipinski definition) is 2. The Morgan fingerprint density at radius 3 is 2.20 bits per heavy atom. The fraction of sp³-hybridized carbons (Fsp3) is 0.0500. The van der Waals surface area contributed by atoms with Gasteiger partial charge in [-0.2, -0.15) is 0 Å². The normalized spacial score (nSPS) is 11.6. The first-order chi connectivity index (χ1) is 12.1. The number of nitrogens with two attached hydrogens (primary N) is 1. The predicted molar refractivity (Wildman–Crippen MR) is 100.0 cm³/mol. The number of ether oxygens (including phenoxy) is 1. The van der Waals surface area contributed by atoms with Gasteiger partial charge in [0.15, 0.2) is 0 Å². The zero-order chi connectivity index (χ0) is 17.6. The van der Waals surface area contributed by atoms with Gasteiger partial charge in [0.25, 0.3) is 0 Å². The van der Waals surface area contributed by atoms with Crippen molar-refractivity contribution in [1.29, 1.82) is 0 Å². The van der Waals surface area contributed by atoms with E-state index < -0.39 is 11.9 Å². The molecule has 5 heteroatoms. The van der Waals surface area contributed by atoms with Crippen molar-refractivity contribution in [1.82, 2.24) is 0 Å². The minimum Gasteiger partial charge on any atom is -0.456 e. The molecular weight excluding hydrogens is 336 g/mol. The molecule has 0 radical (unpaired) electrons. The van der Waals surface area contributed by atoms with E-state index in [-0.39, 0.29) is 0 Å². The summed E-state index contributed by atoms with van der Waals surface area (Å²) in [6.45, 7) is 0. The Balaban J connectivity index is 1.73. The Kier molecular flexibility index (Phi) is 5.21. The Hall–Kier alpha value is -2.98. The molecule has 3 rings (SSSR count). The van der Waals surface area contributed by atoms with E-state index in [2.05, 4.69) is 5.32 Å². The summed E-state index contributed by atoms with van der Waals surface area (Å²) in [4.78, 5) is 11.8. The van der Waals surface area contributed by atoms with Crippen molar-refractivity contribution >= 4 is 23.2 Å². The van der Waals surface area contributed by atoms with E-state index in [0.717, 1.165) is 11.3 Å². The number of para-hydroxylation sites is 1. The summed E-state index contributed by atoms with van der Waals surface area (Å²) in [6.07, 6.45) is 0. The molecule has 0 spiro atoms. The summed E-state index contributed by atoms with van der Waals surface area (Å²) in [7, 11) is 0. The first-order valence-electron chi connectivity index (χ1n) is 7.77. The minimum absolute atomic E-state index is 0.442. The van der Waals surface area contributed by atoms with Crippen LogP contribution in [0.25, 0.3) is 0 Å². The van der Waals surface area contributed by atoms with Crippen molar-refractivity contribution in [3.8, 4) is 11.5 Å². The molecule has 0 saturated heterocycles. The molecule has 0 heterocycles. The molecule has 0 aliphatic carbocycles. The average Bonchev–Trinajstić information content (AvgIpc) is 2.63. The molecule has 1 unspecified atom stereocenters. The molecule has 3 aromatic carbocycles. The van der Waals surface area contributed by atoms with E-state index in [1.54, 1.807) is 24.3 Å². The third kappa shape index (κ3) is 4.31. The summed E-state index contributed by atoms with van der Waals surface area (Å²) >= 11 is 6.09. The van der Waals surface area contributed by atoms with Gasteiger partial charge in [0, 0.05) is 5.69 Å². The van der Waals surface area contributed by atoms with E-state index in [1.807, 2.05) is 54.6 Å². The molecule has 126 valence electrons. The maximum Gasteiger partial charge on any atom is 0.244 e. The van der Waals surface area contributed by atoms with E-state index in [4.69, 9.17) is 22.1 Å². The van der Waals surface area contributed by atoms with Crippen LogP contribution in [0.3, 0.4) is 0 Å². The number of carbonyl (C=O) groups excluding carboxylic acids is 1. The smallest absolute Gasteiger partial charge is 0.244 e. The fourth-order valence-corrected chi connectivity index (χ4v) is 2.58. The van der Waals surface area contributed by atoms with Crippen LogP contribution in [0, 0.1) is 0 Å². The van der Waals surface area contributed by atoms with E-state index in [1.165, 1.54) is 0 Å². The van der Waals surface area contributed by atoms with Gasteiger partial charge in [0.1, 0.15) is 17.5 Å². The van der Waals surface area contributed by atoms with Crippen LogP contribution in [0.1, 0.15) is 11.6 Å². The summed E-state index contributed by atoms with van der Waals surface area (Å²) in [5.74, 6) is 0.792. The molecule has 25 heavy (non-hydrogen) atoms. The molecule has 3 aromatic rings. The number of rotatable bonds is 6. The van der Waals surface area contributed by atoms with Gasteiger partial charge in [-0.25, -0.2) is 0 Å². The van der Waals surface area contributed by atoms with Crippen LogP contribution in [0.5, 0.6) is 11.5 Å². The second-order valence-corrected chi connectivity index (χ2v) is 5.85. The molecule has 0 aliphatic heterocycles. The number of benzene rings is 3. The van der Waals surface area contributed by atoms with Crippen molar-refractivity contribution in [2.24, 2.45) is 5.73 Å². The highest BCUT2D eigenvalue weighted by Gasteiger charge is 2.17. The van der Waals surface area contributed by atoms with E-state index in [9.17, 15) is 4.79 Å². The van der Waals surface area contributed by atoms with Crippen LogP contribution in [-0.2, 0) is 4.79 Å². The molecule has 1 amide bonds. The lowest BCUT2D eigenvalue weighted by Crippen LogP contribution is -2.27. The highest BCUT2D eigenvalue weighted by atomic mass is 35.5. The van der Waals surface area contributed by atoms with Crippen LogP contribution in [0.2, 0.25) is 5.02 Å². The van der Waals surface area contributed by atoms with Crippen molar-refractivity contribution in [2.45, 2.75) is 6.04 Å². The predicted octanol–water partition coefficient (Wildman–Crippen LogP) is 4.77. The van der Waals surface area contributed by atoms with Crippen LogP contribution < -0.4 is 15.8 Å². The number of hydrogen-bond acceptors (Lipinski definition) is 3. The topological polar surface area (TPSA) is 64.4 Å². The summed E-state index contributed by atoms with van der Waals surface area (Å²) in [5, 5.41) is 3.69. The van der Waals surface area contributed by atoms with Gasteiger partial charge in [-0.05, 0) is 42.0 Å². The van der Waals surface area contributed by atoms with Crippen LogP contribution in [-0.4, -0.2) is 5.91 Å². The third-order valence-electron chi connectivity index (χ3n) is 3.65. The standard InChI is InChI=1S/C20H17ClN2O2/c21-17-8-4-5-9-18(17)25-16-12-10-15(11-13-16)23-19(20(22)24)14-6-2-1-3-7-14/h1-13,19,23H,(H2,22,24). The first-order valence-corrected chi connectivity index (χ1v) is 8.14. The summed E-state index contributed by atoms with van der Waals surface area (Å²) in [5.41, 5.74) is 7.10. The number of primary amides is 1. The number of nitrogens with one attached hydrogen (secondary N) is 1. The second-order valence-electron chi connectivity index (χ2n) is 5.45. The highest BCUT2D eigenvalue weighted by molar-refractivity contribution is 6.32. The minimum atomic E-state index is -0.600. The monoisotopic (exact) mass is 352 g/mol. The van der Waals surface area contributed by atoms with Gasteiger partial charge >= 0.3 is 0 Å². The average molecular weight is 353 g/mol. The van der Waals surface area contributed by atoms with Crippen molar-refractivity contribution in [3.05, 3.63) is 89.4 Å². The molecule has 1 atom stereocenters. The molecular formula is C20H17ClN2O2.